The lowest BCUT2D eigenvalue weighted by atomic mass is 10.2. The van der Waals surface area contributed by atoms with E-state index in [0.717, 1.165) is 12.1 Å². The normalized spacial score (nSPS) is 14.7. The summed E-state index contributed by atoms with van der Waals surface area (Å²) in [6, 6.07) is 2.29. The van der Waals surface area contributed by atoms with Crippen molar-refractivity contribution in [2.24, 2.45) is 0 Å². The third-order valence-electron chi connectivity index (χ3n) is 2.60. The number of ether oxygens (including phenoxy) is 2. The molecule has 0 saturated carbocycles. The maximum atomic E-state index is 13.1. The molecule has 1 aliphatic rings. The smallest absolute Gasteiger partial charge is 0.410 e. The predicted octanol–water partition coefficient (Wildman–Crippen LogP) is 0.821. The first-order chi connectivity index (χ1) is 8.58. The number of nitrogens with zero attached hydrogens (tertiary/aromatic N) is 1. The Labute approximate surface area is 103 Å². The second-order valence-electron chi connectivity index (χ2n) is 3.86. The van der Waals surface area contributed by atoms with Gasteiger partial charge in [-0.1, -0.05) is 0 Å². The number of benzene rings is 1. The monoisotopic (exact) mass is 255 g/mol. The van der Waals surface area contributed by atoms with E-state index in [1.807, 2.05) is 0 Å². The molecule has 0 spiro atoms. The molecule has 0 atom stereocenters. The minimum atomic E-state index is -0.516. The molecule has 0 radical (unpaired) electrons. The van der Waals surface area contributed by atoms with Gasteiger partial charge in [0.25, 0.3) is 0 Å². The van der Waals surface area contributed by atoms with E-state index in [9.17, 15) is 9.18 Å². The fraction of sp³-hybridized carbons (Fsp3) is 0.364. The molecule has 2 rings (SSSR count). The summed E-state index contributed by atoms with van der Waals surface area (Å²) < 4.78 is 23.2. The van der Waals surface area contributed by atoms with Gasteiger partial charge in [0, 0.05) is 6.07 Å². The first kappa shape index (κ1) is 12.3. The molecule has 0 unspecified atom stereocenters. The number of hydrogen-bond donors (Lipinski definition) is 2. The number of anilines is 2. The lowest BCUT2D eigenvalue weighted by Crippen LogP contribution is -2.29. The molecule has 98 valence electrons. The Balaban J connectivity index is 1.92. The van der Waals surface area contributed by atoms with Crippen LogP contribution >= 0.6 is 0 Å². The molecule has 1 saturated heterocycles. The van der Waals surface area contributed by atoms with Crippen LogP contribution in [0.25, 0.3) is 0 Å². The van der Waals surface area contributed by atoms with E-state index in [-0.39, 0.29) is 29.8 Å². The maximum Gasteiger partial charge on any atom is 0.410 e. The van der Waals surface area contributed by atoms with Gasteiger partial charge in [0.2, 0.25) is 0 Å². The molecule has 4 N–H and O–H groups in total. The van der Waals surface area contributed by atoms with E-state index in [1.54, 1.807) is 0 Å². The number of carbonyl (C=O) groups is 1. The zero-order chi connectivity index (χ0) is 13.1. The lowest BCUT2D eigenvalue weighted by Gasteiger charge is -2.14. The van der Waals surface area contributed by atoms with Crippen molar-refractivity contribution in [3.8, 4) is 5.75 Å². The van der Waals surface area contributed by atoms with Crippen molar-refractivity contribution in [3.05, 3.63) is 17.9 Å². The van der Waals surface area contributed by atoms with Crippen LogP contribution in [0.5, 0.6) is 5.75 Å². The second kappa shape index (κ2) is 4.99. The largest absolute Gasteiger partial charge is 0.489 e. The average Bonchev–Trinajstić information content (AvgIpc) is 2.71. The first-order valence-electron chi connectivity index (χ1n) is 5.47. The Hall–Kier alpha value is -2.18. The Bertz CT molecular complexity index is 467. The topological polar surface area (TPSA) is 90.8 Å². The number of cyclic esters (lactones) is 1. The van der Waals surface area contributed by atoms with E-state index in [2.05, 4.69) is 0 Å². The summed E-state index contributed by atoms with van der Waals surface area (Å²) in [6.07, 6.45) is -0.370. The first-order valence-corrected chi connectivity index (χ1v) is 5.47. The summed E-state index contributed by atoms with van der Waals surface area (Å²) in [5.74, 6) is -0.336. The maximum absolute atomic E-state index is 13.1. The number of halogens is 1. The molecule has 7 heteroatoms. The van der Waals surface area contributed by atoms with Crippen LogP contribution in [0.2, 0.25) is 0 Å². The molecule has 1 aromatic rings. The molecule has 0 aliphatic carbocycles. The van der Waals surface area contributed by atoms with Gasteiger partial charge in [-0.15, -0.1) is 0 Å². The van der Waals surface area contributed by atoms with E-state index in [1.165, 1.54) is 4.90 Å². The average molecular weight is 255 g/mol. The summed E-state index contributed by atoms with van der Waals surface area (Å²) in [5.41, 5.74) is 11.5. The number of nitrogen functional groups attached to an aromatic ring is 2. The number of rotatable bonds is 4. The molecular weight excluding hydrogens is 241 g/mol. The van der Waals surface area contributed by atoms with Crippen molar-refractivity contribution in [1.82, 2.24) is 4.90 Å². The predicted molar refractivity (Wildman–Crippen MR) is 63.6 cm³/mol. The summed E-state index contributed by atoms with van der Waals surface area (Å²) in [7, 11) is 0. The second-order valence-corrected chi connectivity index (χ2v) is 3.86. The highest BCUT2D eigenvalue weighted by Crippen LogP contribution is 2.28. The quantitative estimate of drug-likeness (QED) is 0.777. The van der Waals surface area contributed by atoms with Gasteiger partial charge in [-0.25, -0.2) is 9.18 Å². The Morgan fingerprint density at radius 2 is 2.22 bits per heavy atom. The van der Waals surface area contributed by atoms with Gasteiger partial charge in [-0.2, -0.15) is 0 Å². The van der Waals surface area contributed by atoms with Crippen molar-refractivity contribution in [2.75, 3.05) is 37.8 Å². The molecule has 18 heavy (non-hydrogen) atoms. The van der Waals surface area contributed by atoms with Crippen molar-refractivity contribution in [3.63, 3.8) is 0 Å². The fourth-order valence-corrected chi connectivity index (χ4v) is 1.63. The molecule has 1 aliphatic heterocycles. The van der Waals surface area contributed by atoms with E-state index >= 15 is 0 Å². The molecule has 0 bridgehead atoms. The molecule has 0 aromatic heterocycles. The van der Waals surface area contributed by atoms with Crippen LogP contribution in [0.3, 0.4) is 0 Å². The van der Waals surface area contributed by atoms with E-state index < -0.39 is 5.82 Å². The van der Waals surface area contributed by atoms with E-state index in [0.29, 0.717) is 19.7 Å². The van der Waals surface area contributed by atoms with Crippen molar-refractivity contribution >= 4 is 17.5 Å². The van der Waals surface area contributed by atoms with Crippen LogP contribution in [0.4, 0.5) is 20.6 Å². The van der Waals surface area contributed by atoms with Gasteiger partial charge >= 0.3 is 6.09 Å². The Kier molecular flexibility index (Phi) is 3.40. The fourth-order valence-electron chi connectivity index (χ4n) is 1.63. The van der Waals surface area contributed by atoms with Gasteiger partial charge in [-0.3, -0.25) is 0 Å². The summed E-state index contributed by atoms with van der Waals surface area (Å²) in [5, 5.41) is 0. The molecule has 1 aromatic carbocycles. The van der Waals surface area contributed by atoms with Crippen LogP contribution in [-0.2, 0) is 4.74 Å². The summed E-state index contributed by atoms with van der Waals surface area (Å²) in [4.78, 5) is 12.6. The van der Waals surface area contributed by atoms with Gasteiger partial charge in [0.05, 0.1) is 24.5 Å². The molecule has 1 fully saturated rings. The Morgan fingerprint density at radius 3 is 2.89 bits per heavy atom. The number of amides is 1. The van der Waals surface area contributed by atoms with Crippen molar-refractivity contribution < 1.29 is 18.7 Å². The highest BCUT2D eigenvalue weighted by atomic mass is 19.1. The number of nitrogens with two attached hydrogens (primary N) is 2. The molecule has 1 heterocycles. The van der Waals surface area contributed by atoms with Crippen molar-refractivity contribution in [1.29, 1.82) is 0 Å². The highest BCUT2D eigenvalue weighted by molar-refractivity contribution is 5.71. The standard InChI is InChI=1S/C11H14FN3O3/c12-7-5-8(13)10(14)9(6-7)17-3-1-15-2-4-18-11(15)16/h5-6H,1-4,13-14H2. The van der Waals surface area contributed by atoms with Gasteiger partial charge in [0.15, 0.2) is 0 Å². The van der Waals surface area contributed by atoms with Crippen LogP contribution < -0.4 is 16.2 Å². The highest BCUT2D eigenvalue weighted by Gasteiger charge is 2.21. The van der Waals surface area contributed by atoms with Gasteiger partial charge < -0.3 is 25.8 Å². The summed E-state index contributed by atoms with van der Waals surface area (Å²) in [6.45, 7) is 1.47. The van der Waals surface area contributed by atoms with E-state index in [4.69, 9.17) is 20.9 Å². The van der Waals surface area contributed by atoms with Gasteiger partial charge in [-0.05, 0) is 6.07 Å². The Morgan fingerprint density at radius 1 is 1.44 bits per heavy atom. The zero-order valence-corrected chi connectivity index (χ0v) is 9.69. The van der Waals surface area contributed by atoms with Crippen LogP contribution in [0.15, 0.2) is 12.1 Å². The molecular formula is C11H14FN3O3. The third kappa shape index (κ3) is 2.55. The number of carbonyl (C=O) groups excluding carboxylic acids is 1. The van der Waals surface area contributed by atoms with Gasteiger partial charge in [0.1, 0.15) is 24.8 Å². The van der Waals surface area contributed by atoms with Crippen LogP contribution in [0.1, 0.15) is 0 Å². The van der Waals surface area contributed by atoms with Crippen LogP contribution in [-0.4, -0.2) is 37.3 Å². The minimum Gasteiger partial charge on any atom is -0.489 e. The van der Waals surface area contributed by atoms with Crippen LogP contribution in [0, 0.1) is 5.82 Å². The summed E-state index contributed by atoms with van der Waals surface area (Å²) >= 11 is 0. The lowest BCUT2D eigenvalue weighted by molar-refractivity contribution is 0.153. The zero-order valence-electron chi connectivity index (χ0n) is 9.69. The minimum absolute atomic E-state index is 0.130. The molecule has 1 amide bonds. The van der Waals surface area contributed by atoms with Crippen molar-refractivity contribution in [2.45, 2.75) is 0 Å². The third-order valence-corrected chi connectivity index (χ3v) is 2.60. The molecule has 6 nitrogen and oxygen atoms in total. The number of hydrogen-bond acceptors (Lipinski definition) is 5. The SMILES string of the molecule is Nc1cc(F)cc(OCCN2CCOC2=O)c1N.